The molecule has 0 aliphatic rings. The maximum absolute atomic E-state index is 12.0. The summed E-state index contributed by atoms with van der Waals surface area (Å²) in [6.07, 6.45) is 3.11. The molecule has 2 N–H and O–H groups in total. The Labute approximate surface area is 128 Å². The van der Waals surface area contributed by atoms with E-state index in [1.165, 1.54) is 0 Å². The molecule has 0 bridgehead atoms. The summed E-state index contributed by atoms with van der Waals surface area (Å²) in [5.74, 6) is -0.473. The van der Waals surface area contributed by atoms with E-state index >= 15 is 0 Å². The minimum absolute atomic E-state index is 0.00407. The minimum Gasteiger partial charge on any atom is -0.372 e. The topological polar surface area (TPSA) is 80.3 Å². The molecule has 1 heterocycles. The molecule has 22 heavy (non-hydrogen) atoms. The van der Waals surface area contributed by atoms with Crippen molar-refractivity contribution in [2.24, 2.45) is 0 Å². The van der Waals surface area contributed by atoms with E-state index < -0.39 is 0 Å². The van der Waals surface area contributed by atoms with Gasteiger partial charge in [-0.2, -0.15) is 0 Å². The van der Waals surface area contributed by atoms with Crippen molar-refractivity contribution in [2.45, 2.75) is 6.92 Å². The third-order valence-corrected chi connectivity index (χ3v) is 2.78. The molecule has 2 amide bonds. The van der Waals surface area contributed by atoms with Gasteiger partial charge in [0.1, 0.15) is 6.61 Å². The van der Waals surface area contributed by atoms with E-state index in [4.69, 9.17) is 4.74 Å². The van der Waals surface area contributed by atoms with Gasteiger partial charge in [0.25, 0.3) is 5.91 Å². The van der Waals surface area contributed by atoms with Crippen molar-refractivity contribution in [3.05, 3.63) is 54.4 Å². The fourth-order valence-electron chi connectivity index (χ4n) is 1.77. The van der Waals surface area contributed by atoms with Crippen molar-refractivity contribution in [3.63, 3.8) is 0 Å². The van der Waals surface area contributed by atoms with Crippen LogP contribution in [0, 0.1) is 0 Å². The number of nitrogens with one attached hydrogen (secondary N) is 2. The molecule has 0 saturated carbocycles. The number of pyridine rings is 1. The lowest BCUT2D eigenvalue weighted by Crippen LogP contribution is -2.18. The van der Waals surface area contributed by atoms with Crippen LogP contribution >= 0.6 is 0 Å². The van der Waals surface area contributed by atoms with Gasteiger partial charge in [-0.1, -0.05) is 6.07 Å². The molecule has 1 aromatic heterocycles. The molecule has 0 saturated heterocycles. The van der Waals surface area contributed by atoms with Crippen molar-refractivity contribution in [1.29, 1.82) is 0 Å². The zero-order valence-corrected chi connectivity index (χ0v) is 12.2. The highest BCUT2D eigenvalue weighted by Crippen LogP contribution is 2.16. The second-order valence-corrected chi connectivity index (χ2v) is 4.46. The Bertz CT molecular complexity index is 644. The number of carbonyl (C=O) groups is 2. The molecule has 1 aromatic carbocycles. The van der Waals surface area contributed by atoms with E-state index in [2.05, 4.69) is 15.6 Å². The first-order chi connectivity index (χ1) is 10.7. The van der Waals surface area contributed by atoms with Crippen molar-refractivity contribution in [1.82, 2.24) is 4.98 Å². The van der Waals surface area contributed by atoms with E-state index in [1.807, 2.05) is 6.92 Å². The molecular formula is C16H17N3O3. The van der Waals surface area contributed by atoms with Crippen molar-refractivity contribution in [3.8, 4) is 0 Å². The first-order valence-corrected chi connectivity index (χ1v) is 6.88. The Balaban J connectivity index is 1.99. The molecule has 2 aromatic rings. The quantitative estimate of drug-likeness (QED) is 0.857. The average Bonchev–Trinajstić information content (AvgIpc) is 2.54. The molecule has 0 atom stereocenters. The molecule has 0 fully saturated rings. The lowest BCUT2D eigenvalue weighted by atomic mass is 10.2. The number of anilines is 2. The van der Waals surface area contributed by atoms with Gasteiger partial charge in [0.2, 0.25) is 5.91 Å². The summed E-state index contributed by atoms with van der Waals surface area (Å²) in [4.78, 5) is 27.5. The van der Waals surface area contributed by atoms with Crippen LogP contribution in [-0.4, -0.2) is 30.0 Å². The van der Waals surface area contributed by atoms with Gasteiger partial charge in [-0.25, -0.2) is 0 Å². The van der Waals surface area contributed by atoms with Crippen LogP contribution in [0.15, 0.2) is 48.8 Å². The van der Waals surface area contributed by atoms with E-state index in [1.54, 1.807) is 48.8 Å². The van der Waals surface area contributed by atoms with Crippen LogP contribution in [0.4, 0.5) is 11.4 Å². The second-order valence-electron chi connectivity index (χ2n) is 4.46. The Morgan fingerprint density at radius 1 is 1.09 bits per heavy atom. The number of benzene rings is 1. The van der Waals surface area contributed by atoms with Gasteiger partial charge in [-0.15, -0.1) is 0 Å². The van der Waals surface area contributed by atoms with Crippen LogP contribution < -0.4 is 10.6 Å². The number of ether oxygens (including phenoxy) is 1. The van der Waals surface area contributed by atoms with Gasteiger partial charge in [-0.05, 0) is 37.3 Å². The summed E-state index contributed by atoms with van der Waals surface area (Å²) in [6.45, 7) is 2.31. The zero-order valence-electron chi connectivity index (χ0n) is 12.2. The van der Waals surface area contributed by atoms with Crippen molar-refractivity contribution in [2.75, 3.05) is 23.8 Å². The van der Waals surface area contributed by atoms with E-state index in [0.717, 1.165) is 0 Å². The fraction of sp³-hybridized carbons (Fsp3) is 0.188. The Morgan fingerprint density at radius 2 is 1.77 bits per heavy atom. The van der Waals surface area contributed by atoms with Gasteiger partial charge in [0.15, 0.2) is 0 Å². The molecule has 6 heteroatoms. The minimum atomic E-state index is -0.237. The first kappa shape index (κ1) is 15.7. The Morgan fingerprint density at radius 3 is 2.45 bits per heavy atom. The van der Waals surface area contributed by atoms with E-state index in [0.29, 0.717) is 23.5 Å². The molecule has 114 valence electrons. The summed E-state index contributed by atoms with van der Waals surface area (Å²) < 4.78 is 5.03. The number of amides is 2. The monoisotopic (exact) mass is 299 g/mol. The normalized spacial score (nSPS) is 10.0. The number of rotatable bonds is 6. The van der Waals surface area contributed by atoms with Crippen LogP contribution in [0.25, 0.3) is 0 Å². The lowest BCUT2D eigenvalue weighted by molar-refractivity contribution is -0.120. The van der Waals surface area contributed by atoms with Crippen LogP contribution in [0.1, 0.15) is 17.3 Å². The van der Waals surface area contributed by atoms with Crippen LogP contribution in [0.3, 0.4) is 0 Å². The highest BCUT2D eigenvalue weighted by atomic mass is 16.5. The highest BCUT2D eigenvalue weighted by Gasteiger charge is 2.07. The van der Waals surface area contributed by atoms with Crippen molar-refractivity contribution >= 4 is 23.2 Å². The maximum atomic E-state index is 12.0. The predicted molar refractivity (Wildman–Crippen MR) is 83.8 cm³/mol. The lowest BCUT2D eigenvalue weighted by Gasteiger charge is -2.09. The molecule has 6 nitrogen and oxygen atoms in total. The van der Waals surface area contributed by atoms with Crippen LogP contribution in [0.2, 0.25) is 0 Å². The molecular weight excluding hydrogens is 282 g/mol. The number of hydrogen-bond acceptors (Lipinski definition) is 4. The summed E-state index contributed by atoms with van der Waals surface area (Å²) >= 11 is 0. The Kier molecular flexibility index (Phi) is 5.62. The summed E-state index contributed by atoms with van der Waals surface area (Å²) in [7, 11) is 0. The standard InChI is InChI=1S/C16H17N3O3/c1-2-22-11-15(20)18-13-4-3-5-14(10-13)19-16(21)12-6-8-17-9-7-12/h3-10H,2,11H2,1H3,(H,18,20)(H,19,21). The molecule has 0 aliphatic heterocycles. The number of carbonyl (C=O) groups excluding carboxylic acids is 2. The van der Waals surface area contributed by atoms with Gasteiger partial charge < -0.3 is 15.4 Å². The number of aromatic nitrogens is 1. The number of nitrogens with zero attached hydrogens (tertiary/aromatic N) is 1. The summed E-state index contributed by atoms with van der Waals surface area (Å²) in [5, 5.41) is 5.47. The first-order valence-electron chi connectivity index (χ1n) is 6.88. The predicted octanol–water partition coefficient (Wildman–Crippen LogP) is 2.31. The van der Waals surface area contributed by atoms with Gasteiger partial charge in [-0.3, -0.25) is 14.6 Å². The van der Waals surface area contributed by atoms with Gasteiger partial charge in [0, 0.05) is 35.9 Å². The molecule has 0 unspecified atom stereocenters. The highest BCUT2D eigenvalue weighted by molar-refractivity contribution is 6.04. The maximum Gasteiger partial charge on any atom is 0.255 e. The average molecular weight is 299 g/mol. The summed E-state index contributed by atoms with van der Waals surface area (Å²) in [6, 6.07) is 10.2. The SMILES string of the molecule is CCOCC(=O)Nc1cccc(NC(=O)c2ccncc2)c1. The molecule has 0 aliphatic carbocycles. The third-order valence-electron chi connectivity index (χ3n) is 2.78. The Hall–Kier alpha value is -2.73. The van der Waals surface area contributed by atoms with Gasteiger partial charge in [0.05, 0.1) is 0 Å². The molecule has 2 rings (SSSR count). The second kappa shape index (κ2) is 7.90. The smallest absolute Gasteiger partial charge is 0.255 e. The molecule has 0 radical (unpaired) electrons. The molecule has 0 spiro atoms. The van der Waals surface area contributed by atoms with Crippen LogP contribution in [0.5, 0.6) is 0 Å². The van der Waals surface area contributed by atoms with Gasteiger partial charge >= 0.3 is 0 Å². The number of hydrogen-bond donors (Lipinski definition) is 2. The third kappa shape index (κ3) is 4.68. The largest absolute Gasteiger partial charge is 0.372 e. The van der Waals surface area contributed by atoms with Crippen LogP contribution in [-0.2, 0) is 9.53 Å². The van der Waals surface area contributed by atoms with Crippen molar-refractivity contribution < 1.29 is 14.3 Å². The summed E-state index contributed by atoms with van der Waals surface area (Å²) in [5.41, 5.74) is 1.70. The zero-order chi connectivity index (χ0) is 15.8. The fourth-order valence-corrected chi connectivity index (χ4v) is 1.77. The van der Waals surface area contributed by atoms with E-state index in [9.17, 15) is 9.59 Å². The van der Waals surface area contributed by atoms with E-state index in [-0.39, 0.29) is 18.4 Å².